The van der Waals surface area contributed by atoms with Crippen LogP contribution in [0.2, 0.25) is 0 Å². The number of benzene rings is 1. The molecule has 1 saturated carbocycles. The molecule has 17 heavy (non-hydrogen) atoms. The molecule has 0 aromatic heterocycles. The topological polar surface area (TPSA) is 29.5 Å². The lowest BCUT2D eigenvalue weighted by molar-refractivity contribution is -0.0330. The summed E-state index contributed by atoms with van der Waals surface area (Å²) < 4.78 is 6.18. The fraction of sp³-hybridized carbons (Fsp3) is 0.600. The van der Waals surface area contributed by atoms with E-state index in [0.29, 0.717) is 11.9 Å². The highest BCUT2D eigenvalue weighted by molar-refractivity contribution is 5.27. The minimum absolute atomic E-state index is 0.179. The lowest BCUT2D eigenvalue weighted by Gasteiger charge is -2.27. The van der Waals surface area contributed by atoms with Crippen molar-refractivity contribution in [3.8, 4) is 5.75 Å². The van der Waals surface area contributed by atoms with E-state index in [1.165, 1.54) is 37.7 Å². The highest BCUT2D eigenvalue weighted by Gasteiger charge is 2.19. The molecule has 1 atom stereocenters. The Labute approximate surface area is 104 Å². The second kappa shape index (κ2) is 6.06. The van der Waals surface area contributed by atoms with Crippen LogP contribution in [0.25, 0.3) is 0 Å². The van der Waals surface area contributed by atoms with Gasteiger partial charge in [0.25, 0.3) is 0 Å². The van der Waals surface area contributed by atoms with Crippen molar-refractivity contribution in [3.63, 3.8) is 0 Å². The summed E-state index contributed by atoms with van der Waals surface area (Å²) in [6.07, 6.45) is 7.97. The lowest BCUT2D eigenvalue weighted by atomic mass is 9.97. The summed E-state index contributed by atoms with van der Waals surface area (Å²) in [5, 5.41) is 9.29. The van der Waals surface area contributed by atoms with E-state index in [-0.39, 0.29) is 6.10 Å². The average molecular weight is 234 g/mol. The van der Waals surface area contributed by atoms with Crippen LogP contribution in [0.3, 0.4) is 0 Å². The second-order valence-corrected chi connectivity index (χ2v) is 4.88. The zero-order valence-corrected chi connectivity index (χ0v) is 10.6. The zero-order chi connectivity index (χ0) is 12.1. The number of ether oxygens (including phenoxy) is 1. The molecule has 2 rings (SSSR count). The Morgan fingerprint density at radius 3 is 2.41 bits per heavy atom. The normalized spacial score (nSPS) is 19.1. The monoisotopic (exact) mass is 234 g/mol. The summed E-state index contributed by atoms with van der Waals surface area (Å²) in [7, 11) is 0. The van der Waals surface area contributed by atoms with E-state index in [1.54, 1.807) is 12.1 Å². The summed E-state index contributed by atoms with van der Waals surface area (Å²) in [4.78, 5) is 0. The van der Waals surface area contributed by atoms with E-state index in [4.69, 9.17) is 4.74 Å². The summed E-state index contributed by atoms with van der Waals surface area (Å²) in [6.45, 7) is 2.15. The van der Waals surface area contributed by atoms with E-state index in [9.17, 15) is 5.11 Å². The van der Waals surface area contributed by atoms with Gasteiger partial charge in [-0.3, -0.25) is 0 Å². The average Bonchev–Trinajstić information content (AvgIpc) is 2.38. The molecule has 94 valence electrons. The fourth-order valence-electron chi connectivity index (χ4n) is 2.53. The van der Waals surface area contributed by atoms with E-state index in [1.807, 2.05) is 12.1 Å². The molecule has 2 heteroatoms. The van der Waals surface area contributed by atoms with Crippen molar-refractivity contribution in [3.05, 3.63) is 29.8 Å². The molecule has 1 unspecified atom stereocenters. The van der Waals surface area contributed by atoms with Gasteiger partial charge in [-0.25, -0.2) is 0 Å². The minimum atomic E-state index is 0.179. The standard InChI is InChI=1S/C15H22O2/c1-2-15(12-8-10-13(16)11-9-12)17-14-6-4-3-5-7-14/h8-11,14-16H,2-7H2,1H3. The molecule has 1 aromatic rings. The summed E-state index contributed by atoms with van der Waals surface area (Å²) in [5.41, 5.74) is 1.18. The molecule has 1 aliphatic rings. The van der Waals surface area contributed by atoms with Gasteiger partial charge in [-0.1, -0.05) is 38.3 Å². The highest BCUT2D eigenvalue weighted by Crippen LogP contribution is 2.29. The van der Waals surface area contributed by atoms with Crippen molar-refractivity contribution in [2.75, 3.05) is 0 Å². The largest absolute Gasteiger partial charge is 0.508 e. The van der Waals surface area contributed by atoms with Gasteiger partial charge in [-0.15, -0.1) is 0 Å². The molecule has 0 saturated heterocycles. The van der Waals surface area contributed by atoms with Crippen molar-refractivity contribution < 1.29 is 9.84 Å². The van der Waals surface area contributed by atoms with Gasteiger partial charge in [0.2, 0.25) is 0 Å². The first kappa shape index (κ1) is 12.4. The van der Waals surface area contributed by atoms with E-state index >= 15 is 0 Å². The number of hydrogen-bond acceptors (Lipinski definition) is 2. The van der Waals surface area contributed by atoms with Gasteiger partial charge in [-0.2, -0.15) is 0 Å². The smallest absolute Gasteiger partial charge is 0.115 e. The first-order valence-corrected chi connectivity index (χ1v) is 6.74. The number of aromatic hydroxyl groups is 1. The van der Waals surface area contributed by atoms with Crippen LogP contribution in [-0.2, 0) is 4.74 Å². The predicted molar refractivity (Wildman–Crippen MR) is 69.1 cm³/mol. The zero-order valence-electron chi connectivity index (χ0n) is 10.6. The van der Waals surface area contributed by atoms with E-state index in [2.05, 4.69) is 6.92 Å². The second-order valence-electron chi connectivity index (χ2n) is 4.88. The molecule has 2 nitrogen and oxygen atoms in total. The Morgan fingerprint density at radius 2 is 1.82 bits per heavy atom. The molecule has 0 heterocycles. The lowest BCUT2D eigenvalue weighted by Crippen LogP contribution is -2.19. The third-order valence-corrected chi connectivity index (χ3v) is 3.54. The number of phenolic OH excluding ortho intramolecular Hbond substituents is 1. The van der Waals surface area contributed by atoms with Gasteiger partial charge >= 0.3 is 0 Å². The number of phenols is 1. The summed E-state index contributed by atoms with van der Waals surface area (Å²) >= 11 is 0. The Balaban J connectivity index is 1.97. The Morgan fingerprint density at radius 1 is 1.18 bits per heavy atom. The molecule has 0 bridgehead atoms. The van der Waals surface area contributed by atoms with Gasteiger partial charge in [0.05, 0.1) is 12.2 Å². The molecule has 1 aromatic carbocycles. The van der Waals surface area contributed by atoms with Crippen molar-refractivity contribution in [1.82, 2.24) is 0 Å². The predicted octanol–water partition coefficient (Wildman–Crippen LogP) is 4.19. The molecule has 0 spiro atoms. The fourth-order valence-corrected chi connectivity index (χ4v) is 2.53. The highest BCUT2D eigenvalue weighted by atomic mass is 16.5. The molecule has 1 aliphatic carbocycles. The summed E-state index contributed by atoms with van der Waals surface area (Å²) in [5.74, 6) is 0.321. The Hall–Kier alpha value is -1.02. The first-order chi connectivity index (χ1) is 8.29. The van der Waals surface area contributed by atoms with Gasteiger partial charge in [0.1, 0.15) is 5.75 Å². The van der Waals surface area contributed by atoms with Gasteiger partial charge in [0, 0.05) is 0 Å². The maximum atomic E-state index is 9.29. The van der Waals surface area contributed by atoms with Crippen LogP contribution in [0.5, 0.6) is 5.75 Å². The van der Waals surface area contributed by atoms with Crippen molar-refractivity contribution in [1.29, 1.82) is 0 Å². The van der Waals surface area contributed by atoms with Crippen LogP contribution in [-0.4, -0.2) is 11.2 Å². The quantitative estimate of drug-likeness (QED) is 0.846. The Kier molecular flexibility index (Phi) is 4.43. The maximum absolute atomic E-state index is 9.29. The molecule has 0 radical (unpaired) electrons. The molecular formula is C15H22O2. The Bertz CT molecular complexity index is 325. The molecule has 1 N–H and O–H groups in total. The van der Waals surface area contributed by atoms with Gasteiger partial charge < -0.3 is 9.84 Å². The van der Waals surface area contributed by atoms with Crippen molar-refractivity contribution in [2.45, 2.75) is 57.7 Å². The van der Waals surface area contributed by atoms with E-state index in [0.717, 1.165) is 6.42 Å². The van der Waals surface area contributed by atoms with Crippen LogP contribution in [0.1, 0.15) is 57.1 Å². The van der Waals surface area contributed by atoms with Crippen LogP contribution < -0.4 is 0 Å². The van der Waals surface area contributed by atoms with Crippen LogP contribution in [0.4, 0.5) is 0 Å². The van der Waals surface area contributed by atoms with Crippen LogP contribution >= 0.6 is 0 Å². The molecular weight excluding hydrogens is 212 g/mol. The number of rotatable bonds is 4. The molecule has 0 amide bonds. The third kappa shape index (κ3) is 3.47. The number of hydrogen-bond donors (Lipinski definition) is 1. The SMILES string of the molecule is CCC(OC1CCCCC1)c1ccc(O)cc1. The molecule has 0 aliphatic heterocycles. The van der Waals surface area contributed by atoms with E-state index < -0.39 is 0 Å². The van der Waals surface area contributed by atoms with Crippen LogP contribution in [0.15, 0.2) is 24.3 Å². The van der Waals surface area contributed by atoms with Crippen LogP contribution in [0, 0.1) is 0 Å². The van der Waals surface area contributed by atoms with Crippen molar-refractivity contribution in [2.24, 2.45) is 0 Å². The summed E-state index contributed by atoms with van der Waals surface area (Å²) in [6, 6.07) is 7.41. The maximum Gasteiger partial charge on any atom is 0.115 e. The third-order valence-electron chi connectivity index (χ3n) is 3.54. The molecule has 1 fully saturated rings. The minimum Gasteiger partial charge on any atom is -0.508 e. The van der Waals surface area contributed by atoms with Crippen molar-refractivity contribution >= 4 is 0 Å². The first-order valence-electron chi connectivity index (χ1n) is 6.74. The van der Waals surface area contributed by atoms with Gasteiger partial charge in [0.15, 0.2) is 0 Å². The van der Waals surface area contributed by atoms with Gasteiger partial charge in [-0.05, 0) is 37.0 Å².